The van der Waals surface area contributed by atoms with Crippen LogP contribution in [0.1, 0.15) is 5.56 Å². The first kappa shape index (κ1) is 9.56. The fourth-order valence-corrected chi connectivity index (χ4v) is 1.26. The van der Waals surface area contributed by atoms with E-state index in [1.807, 2.05) is 25.4 Å². The summed E-state index contributed by atoms with van der Waals surface area (Å²) in [5.74, 6) is 0. The fourth-order valence-electron chi connectivity index (χ4n) is 1.26. The molecule has 0 unspecified atom stereocenters. The van der Waals surface area contributed by atoms with Gasteiger partial charge in [-0.05, 0) is 6.07 Å². The number of halogens is 1. The van der Waals surface area contributed by atoms with Crippen LogP contribution >= 0.6 is 12.4 Å². The summed E-state index contributed by atoms with van der Waals surface area (Å²) in [6.45, 7) is 0. The van der Waals surface area contributed by atoms with Gasteiger partial charge in [-0.2, -0.15) is 10.4 Å². The number of nitriles is 1. The first-order valence-electron chi connectivity index (χ1n) is 3.64. The van der Waals surface area contributed by atoms with Crippen LogP contribution in [0.15, 0.2) is 24.4 Å². The Morgan fingerprint density at radius 3 is 2.92 bits per heavy atom. The molecule has 2 aromatic rings. The molecule has 0 saturated heterocycles. The lowest BCUT2D eigenvalue weighted by Crippen LogP contribution is -1.86. The Hall–Kier alpha value is -1.53. The Balaban J connectivity index is 0.000000845. The average Bonchev–Trinajstić information content (AvgIpc) is 2.44. The Bertz CT molecular complexity index is 467. The van der Waals surface area contributed by atoms with E-state index in [-0.39, 0.29) is 12.4 Å². The van der Waals surface area contributed by atoms with E-state index in [2.05, 4.69) is 11.2 Å². The first-order chi connectivity index (χ1) is 5.81. The van der Waals surface area contributed by atoms with E-state index >= 15 is 0 Å². The van der Waals surface area contributed by atoms with Crippen LogP contribution in [0.5, 0.6) is 0 Å². The predicted molar refractivity (Wildman–Crippen MR) is 52.7 cm³/mol. The Kier molecular flexibility index (Phi) is 2.54. The maximum absolute atomic E-state index is 8.75. The highest BCUT2D eigenvalue weighted by atomic mass is 35.5. The topological polar surface area (TPSA) is 41.6 Å². The maximum Gasteiger partial charge on any atom is 0.110 e. The third-order valence-electron chi connectivity index (χ3n) is 1.77. The molecular formula is C9H8ClN3. The van der Waals surface area contributed by atoms with Gasteiger partial charge in [-0.3, -0.25) is 4.68 Å². The van der Waals surface area contributed by atoms with Gasteiger partial charge >= 0.3 is 0 Å². The summed E-state index contributed by atoms with van der Waals surface area (Å²) in [6, 6.07) is 7.69. The minimum absolute atomic E-state index is 0. The van der Waals surface area contributed by atoms with Crippen molar-refractivity contribution in [2.45, 2.75) is 0 Å². The van der Waals surface area contributed by atoms with Crippen molar-refractivity contribution < 1.29 is 0 Å². The van der Waals surface area contributed by atoms with E-state index in [9.17, 15) is 0 Å². The van der Waals surface area contributed by atoms with Crippen molar-refractivity contribution in [1.82, 2.24) is 9.78 Å². The molecule has 0 N–H and O–H groups in total. The van der Waals surface area contributed by atoms with Crippen LogP contribution < -0.4 is 0 Å². The van der Waals surface area contributed by atoms with Crippen molar-refractivity contribution >= 4 is 23.3 Å². The van der Waals surface area contributed by atoms with E-state index in [1.165, 1.54) is 0 Å². The van der Waals surface area contributed by atoms with E-state index in [0.29, 0.717) is 5.56 Å². The summed E-state index contributed by atoms with van der Waals surface area (Å²) in [6.07, 6.45) is 1.90. The number of rotatable bonds is 0. The molecule has 13 heavy (non-hydrogen) atoms. The van der Waals surface area contributed by atoms with E-state index in [0.717, 1.165) is 10.9 Å². The van der Waals surface area contributed by atoms with E-state index in [1.54, 1.807) is 10.7 Å². The minimum atomic E-state index is 0. The fraction of sp³-hybridized carbons (Fsp3) is 0.111. The van der Waals surface area contributed by atoms with Gasteiger partial charge in [0.2, 0.25) is 0 Å². The zero-order chi connectivity index (χ0) is 8.55. The average molecular weight is 194 g/mol. The zero-order valence-electron chi connectivity index (χ0n) is 7.06. The van der Waals surface area contributed by atoms with Gasteiger partial charge < -0.3 is 0 Å². The molecule has 1 heterocycles. The smallest absolute Gasteiger partial charge is 0.110 e. The van der Waals surface area contributed by atoms with Crippen molar-refractivity contribution in [3.05, 3.63) is 30.0 Å². The summed E-state index contributed by atoms with van der Waals surface area (Å²) in [7, 11) is 1.85. The van der Waals surface area contributed by atoms with Gasteiger partial charge in [-0.1, -0.05) is 12.1 Å². The van der Waals surface area contributed by atoms with Gasteiger partial charge in [0, 0.05) is 18.6 Å². The number of benzene rings is 1. The van der Waals surface area contributed by atoms with Gasteiger partial charge in [-0.15, -0.1) is 12.4 Å². The van der Waals surface area contributed by atoms with Gasteiger partial charge in [0.25, 0.3) is 0 Å². The van der Waals surface area contributed by atoms with E-state index in [4.69, 9.17) is 5.26 Å². The SMILES string of the molecule is Cl.Cn1cc2cccc(C#N)c2n1. The van der Waals surface area contributed by atoms with Crippen molar-refractivity contribution in [3.63, 3.8) is 0 Å². The monoisotopic (exact) mass is 193 g/mol. The predicted octanol–water partition coefficient (Wildman–Crippen LogP) is 1.87. The molecule has 0 fully saturated rings. The van der Waals surface area contributed by atoms with E-state index < -0.39 is 0 Å². The van der Waals surface area contributed by atoms with Crippen LogP contribution in [0.4, 0.5) is 0 Å². The Morgan fingerprint density at radius 1 is 1.46 bits per heavy atom. The highest BCUT2D eigenvalue weighted by Crippen LogP contribution is 2.14. The molecule has 3 nitrogen and oxygen atoms in total. The lowest BCUT2D eigenvalue weighted by atomic mass is 10.2. The summed E-state index contributed by atoms with van der Waals surface area (Å²) in [5.41, 5.74) is 1.41. The summed E-state index contributed by atoms with van der Waals surface area (Å²) in [4.78, 5) is 0. The number of aryl methyl sites for hydroxylation is 1. The van der Waals surface area contributed by atoms with Crippen molar-refractivity contribution in [3.8, 4) is 6.07 Å². The molecule has 4 heteroatoms. The molecule has 0 radical (unpaired) electrons. The van der Waals surface area contributed by atoms with Crippen LogP contribution in [0.25, 0.3) is 10.9 Å². The number of nitrogens with zero attached hydrogens (tertiary/aromatic N) is 3. The molecule has 0 aliphatic carbocycles. The largest absolute Gasteiger partial charge is 0.275 e. The molecule has 1 aromatic heterocycles. The van der Waals surface area contributed by atoms with Gasteiger partial charge in [0.05, 0.1) is 5.56 Å². The zero-order valence-corrected chi connectivity index (χ0v) is 7.88. The Morgan fingerprint density at radius 2 is 2.23 bits per heavy atom. The van der Waals surface area contributed by atoms with Crippen molar-refractivity contribution in [2.24, 2.45) is 7.05 Å². The second-order valence-corrected chi connectivity index (χ2v) is 2.66. The highest BCUT2D eigenvalue weighted by Gasteiger charge is 2.02. The van der Waals surface area contributed by atoms with Gasteiger partial charge in [-0.25, -0.2) is 0 Å². The minimum Gasteiger partial charge on any atom is -0.275 e. The number of fused-ring (bicyclic) bond motifs is 1. The summed E-state index contributed by atoms with van der Waals surface area (Å²) in [5, 5.41) is 13.9. The molecule has 1 aromatic carbocycles. The highest BCUT2D eigenvalue weighted by molar-refractivity contribution is 5.85. The lowest BCUT2D eigenvalue weighted by molar-refractivity contribution is 0.779. The molecular weight excluding hydrogens is 186 g/mol. The van der Waals surface area contributed by atoms with Crippen LogP contribution in [0, 0.1) is 11.3 Å². The normalized spacial score (nSPS) is 9.23. The quantitative estimate of drug-likeness (QED) is 0.641. The van der Waals surface area contributed by atoms with Gasteiger partial charge in [0.15, 0.2) is 0 Å². The van der Waals surface area contributed by atoms with Crippen LogP contribution in [-0.4, -0.2) is 9.78 Å². The molecule has 0 bridgehead atoms. The molecule has 0 saturated carbocycles. The second-order valence-electron chi connectivity index (χ2n) is 2.66. The molecule has 0 aliphatic heterocycles. The van der Waals surface area contributed by atoms with Crippen molar-refractivity contribution in [2.75, 3.05) is 0 Å². The number of aromatic nitrogens is 2. The summed E-state index contributed by atoms with van der Waals surface area (Å²) >= 11 is 0. The third-order valence-corrected chi connectivity index (χ3v) is 1.77. The first-order valence-corrected chi connectivity index (χ1v) is 3.64. The molecule has 2 rings (SSSR count). The molecule has 66 valence electrons. The van der Waals surface area contributed by atoms with Crippen LogP contribution in [-0.2, 0) is 7.05 Å². The van der Waals surface area contributed by atoms with Crippen molar-refractivity contribution in [1.29, 1.82) is 5.26 Å². The number of hydrogen-bond acceptors (Lipinski definition) is 2. The van der Waals surface area contributed by atoms with Gasteiger partial charge in [0.1, 0.15) is 11.6 Å². The number of hydrogen-bond donors (Lipinski definition) is 0. The maximum atomic E-state index is 8.75. The molecule has 0 spiro atoms. The second kappa shape index (κ2) is 3.46. The molecule has 0 aliphatic rings. The standard InChI is InChI=1S/C9H7N3.ClH/c1-12-6-8-4-2-3-7(5-10)9(8)11-12;/h2-4,6H,1H3;1H. The Labute approximate surface area is 82.0 Å². The van der Waals surface area contributed by atoms with Crippen LogP contribution in [0.2, 0.25) is 0 Å². The summed E-state index contributed by atoms with van der Waals surface area (Å²) < 4.78 is 1.71. The third kappa shape index (κ3) is 1.49. The molecule has 0 atom stereocenters. The molecule has 0 amide bonds. The lowest BCUT2D eigenvalue weighted by Gasteiger charge is -1.87. The van der Waals surface area contributed by atoms with Crippen LogP contribution in [0.3, 0.4) is 0 Å².